The van der Waals surface area contributed by atoms with E-state index in [4.69, 9.17) is 21.4 Å². The molecule has 1 fully saturated rings. The predicted molar refractivity (Wildman–Crippen MR) is 92.4 cm³/mol. The van der Waals surface area contributed by atoms with Gasteiger partial charge in [0.25, 0.3) is 0 Å². The monoisotopic (exact) mass is 363 g/mol. The minimum absolute atomic E-state index is 0.139. The van der Waals surface area contributed by atoms with E-state index in [-0.39, 0.29) is 23.6 Å². The molecule has 0 aliphatic carbocycles. The lowest BCUT2D eigenvalue weighted by Gasteiger charge is -2.32. The first kappa shape index (κ1) is 17.4. The zero-order chi connectivity index (χ0) is 17.8. The molecule has 132 valence electrons. The van der Waals surface area contributed by atoms with Crippen LogP contribution in [0.1, 0.15) is 18.5 Å². The Morgan fingerprint density at radius 2 is 2.16 bits per heavy atom. The minimum Gasteiger partial charge on any atom is -0.480 e. The summed E-state index contributed by atoms with van der Waals surface area (Å²) in [6.07, 6.45) is 5.97. The molecule has 0 aromatic carbocycles. The molecule has 0 saturated carbocycles. The highest BCUT2D eigenvalue weighted by molar-refractivity contribution is 6.31. The van der Waals surface area contributed by atoms with Gasteiger partial charge >= 0.3 is 5.97 Å². The largest absolute Gasteiger partial charge is 0.480 e. The van der Waals surface area contributed by atoms with Gasteiger partial charge in [0, 0.05) is 31.5 Å². The van der Waals surface area contributed by atoms with Crippen LogP contribution in [0.5, 0.6) is 0 Å². The SMILES string of the molecule is O=C(O)CN(C(=O)/C=C/c1c(Cl)nc2ccccn12)C1CCOCC1. The fourth-order valence-electron chi connectivity index (χ4n) is 2.91. The molecule has 1 N–H and O–H groups in total. The van der Waals surface area contributed by atoms with Crippen LogP contribution in [0, 0.1) is 0 Å². The highest BCUT2D eigenvalue weighted by Crippen LogP contribution is 2.20. The number of aromatic nitrogens is 2. The first-order chi connectivity index (χ1) is 12.1. The Hall–Kier alpha value is -2.38. The molecule has 2 aromatic rings. The van der Waals surface area contributed by atoms with Crippen LogP contribution in [0.25, 0.3) is 11.7 Å². The molecule has 7 nitrogen and oxygen atoms in total. The van der Waals surface area contributed by atoms with Crippen molar-refractivity contribution in [3.8, 4) is 0 Å². The number of ether oxygens (including phenoxy) is 1. The topological polar surface area (TPSA) is 84.1 Å². The summed E-state index contributed by atoms with van der Waals surface area (Å²) in [6.45, 7) is 0.711. The molecule has 3 rings (SSSR count). The average molecular weight is 364 g/mol. The summed E-state index contributed by atoms with van der Waals surface area (Å²) in [6, 6.07) is 5.35. The maximum atomic E-state index is 12.6. The molecule has 25 heavy (non-hydrogen) atoms. The van der Waals surface area contributed by atoms with Gasteiger partial charge in [-0.05, 0) is 31.1 Å². The van der Waals surface area contributed by atoms with E-state index in [0.29, 0.717) is 37.4 Å². The van der Waals surface area contributed by atoms with Crippen LogP contribution >= 0.6 is 11.6 Å². The Balaban J connectivity index is 1.83. The number of hydrogen-bond donors (Lipinski definition) is 1. The summed E-state index contributed by atoms with van der Waals surface area (Å²) in [4.78, 5) is 29.3. The van der Waals surface area contributed by atoms with Crippen molar-refractivity contribution in [3.63, 3.8) is 0 Å². The maximum Gasteiger partial charge on any atom is 0.323 e. The van der Waals surface area contributed by atoms with Crippen LogP contribution in [-0.4, -0.2) is 57.1 Å². The second-order valence-electron chi connectivity index (χ2n) is 5.75. The second kappa shape index (κ2) is 7.67. The number of carboxylic acid groups (broad SMARTS) is 1. The Kier molecular flexibility index (Phi) is 5.35. The van der Waals surface area contributed by atoms with Crippen molar-refractivity contribution in [1.82, 2.24) is 14.3 Å². The molecular formula is C17H18ClN3O4. The number of amides is 1. The molecule has 1 aliphatic heterocycles. The highest BCUT2D eigenvalue weighted by atomic mass is 35.5. The fourth-order valence-corrected chi connectivity index (χ4v) is 3.15. The molecule has 2 aromatic heterocycles. The Morgan fingerprint density at radius 1 is 1.40 bits per heavy atom. The maximum absolute atomic E-state index is 12.6. The number of aliphatic carboxylic acids is 1. The number of rotatable bonds is 5. The molecular weight excluding hydrogens is 346 g/mol. The number of pyridine rings is 1. The molecule has 8 heteroatoms. The van der Waals surface area contributed by atoms with Gasteiger partial charge < -0.3 is 14.7 Å². The molecule has 1 aliphatic rings. The van der Waals surface area contributed by atoms with Crippen molar-refractivity contribution in [2.45, 2.75) is 18.9 Å². The van der Waals surface area contributed by atoms with Gasteiger partial charge in [0.05, 0.1) is 5.69 Å². The second-order valence-corrected chi connectivity index (χ2v) is 6.11. The van der Waals surface area contributed by atoms with Crippen LogP contribution in [0.4, 0.5) is 0 Å². The summed E-state index contributed by atoms with van der Waals surface area (Å²) in [5.41, 5.74) is 1.25. The summed E-state index contributed by atoms with van der Waals surface area (Å²) in [5.74, 6) is -1.41. The number of carboxylic acids is 1. The first-order valence-corrected chi connectivity index (χ1v) is 8.35. The standard InChI is InChI=1S/C17H18ClN3O4/c18-17-13(20-8-2-1-3-14(20)19-17)4-5-15(22)21(11-16(23)24)12-6-9-25-10-7-12/h1-5,8,12H,6-7,9-11H2,(H,23,24)/b5-4+. The number of carbonyl (C=O) groups is 2. The predicted octanol–water partition coefficient (Wildman–Crippen LogP) is 2.09. The summed E-state index contributed by atoms with van der Waals surface area (Å²) in [7, 11) is 0. The van der Waals surface area contributed by atoms with E-state index in [2.05, 4.69) is 4.98 Å². The third-order valence-corrected chi connectivity index (χ3v) is 4.40. The van der Waals surface area contributed by atoms with Crippen molar-refractivity contribution < 1.29 is 19.4 Å². The van der Waals surface area contributed by atoms with Gasteiger partial charge in [-0.3, -0.25) is 14.0 Å². The third kappa shape index (κ3) is 4.00. The van der Waals surface area contributed by atoms with E-state index in [0.717, 1.165) is 0 Å². The normalized spacial score (nSPS) is 15.7. The van der Waals surface area contributed by atoms with Crippen molar-refractivity contribution in [3.05, 3.63) is 41.3 Å². The number of imidazole rings is 1. The lowest BCUT2D eigenvalue weighted by molar-refractivity contribution is -0.145. The van der Waals surface area contributed by atoms with E-state index in [1.807, 2.05) is 18.2 Å². The smallest absolute Gasteiger partial charge is 0.323 e. The Bertz CT molecular complexity index is 811. The molecule has 1 saturated heterocycles. The van der Waals surface area contributed by atoms with E-state index in [9.17, 15) is 9.59 Å². The van der Waals surface area contributed by atoms with Gasteiger partial charge in [-0.15, -0.1) is 0 Å². The molecule has 0 atom stereocenters. The number of fused-ring (bicyclic) bond motifs is 1. The number of nitrogens with zero attached hydrogens (tertiary/aromatic N) is 3. The van der Waals surface area contributed by atoms with Crippen LogP contribution in [-0.2, 0) is 14.3 Å². The summed E-state index contributed by atoms with van der Waals surface area (Å²) >= 11 is 6.14. The number of hydrogen-bond acceptors (Lipinski definition) is 4. The molecule has 0 bridgehead atoms. The van der Waals surface area contributed by atoms with Gasteiger partial charge in [0.15, 0.2) is 5.15 Å². The molecule has 0 radical (unpaired) electrons. The lowest BCUT2D eigenvalue weighted by atomic mass is 10.1. The Morgan fingerprint density at radius 3 is 2.88 bits per heavy atom. The first-order valence-electron chi connectivity index (χ1n) is 7.97. The number of carbonyl (C=O) groups excluding carboxylic acids is 1. The quantitative estimate of drug-likeness (QED) is 0.822. The van der Waals surface area contributed by atoms with Crippen molar-refractivity contribution in [2.24, 2.45) is 0 Å². The van der Waals surface area contributed by atoms with E-state index in [1.165, 1.54) is 11.0 Å². The fraction of sp³-hybridized carbons (Fsp3) is 0.353. The van der Waals surface area contributed by atoms with Crippen LogP contribution in [0.15, 0.2) is 30.5 Å². The minimum atomic E-state index is -1.04. The van der Waals surface area contributed by atoms with Gasteiger partial charge in [-0.25, -0.2) is 4.98 Å². The van der Waals surface area contributed by atoms with Gasteiger partial charge in [-0.2, -0.15) is 0 Å². The summed E-state index contributed by atoms with van der Waals surface area (Å²) in [5, 5.41) is 9.40. The van der Waals surface area contributed by atoms with Gasteiger partial charge in [0.2, 0.25) is 5.91 Å². The molecule has 0 spiro atoms. The lowest BCUT2D eigenvalue weighted by Crippen LogP contribution is -2.45. The van der Waals surface area contributed by atoms with Crippen LogP contribution in [0.3, 0.4) is 0 Å². The van der Waals surface area contributed by atoms with Crippen LogP contribution < -0.4 is 0 Å². The zero-order valence-electron chi connectivity index (χ0n) is 13.5. The van der Waals surface area contributed by atoms with E-state index in [1.54, 1.807) is 16.7 Å². The van der Waals surface area contributed by atoms with E-state index >= 15 is 0 Å². The van der Waals surface area contributed by atoms with Crippen molar-refractivity contribution in [1.29, 1.82) is 0 Å². The molecule has 0 unspecified atom stereocenters. The molecule has 1 amide bonds. The van der Waals surface area contributed by atoms with E-state index < -0.39 is 5.97 Å². The Labute approximate surface area is 149 Å². The number of halogens is 1. The third-order valence-electron chi connectivity index (χ3n) is 4.13. The van der Waals surface area contributed by atoms with Gasteiger partial charge in [-0.1, -0.05) is 17.7 Å². The zero-order valence-corrected chi connectivity index (χ0v) is 14.2. The summed E-state index contributed by atoms with van der Waals surface area (Å²) < 4.78 is 7.05. The molecule has 3 heterocycles. The van der Waals surface area contributed by atoms with Crippen molar-refractivity contribution >= 4 is 35.2 Å². The van der Waals surface area contributed by atoms with Crippen molar-refractivity contribution in [2.75, 3.05) is 19.8 Å². The van der Waals surface area contributed by atoms with Crippen LogP contribution in [0.2, 0.25) is 5.15 Å². The average Bonchev–Trinajstić information content (AvgIpc) is 2.93. The van der Waals surface area contributed by atoms with Gasteiger partial charge in [0.1, 0.15) is 12.2 Å². The highest BCUT2D eigenvalue weighted by Gasteiger charge is 2.26.